The molecule has 1 aliphatic rings. The van der Waals surface area contributed by atoms with Crippen LogP contribution in [0.4, 0.5) is 10.1 Å². The highest BCUT2D eigenvalue weighted by atomic mass is 19.1. The van der Waals surface area contributed by atoms with Gasteiger partial charge in [0.1, 0.15) is 6.67 Å². The average Bonchev–Trinajstić information content (AvgIpc) is 2.70. The van der Waals surface area contributed by atoms with Gasteiger partial charge < -0.3 is 10.0 Å². The van der Waals surface area contributed by atoms with Crippen molar-refractivity contribution in [1.29, 1.82) is 0 Å². The van der Waals surface area contributed by atoms with Crippen LogP contribution in [0.15, 0.2) is 24.3 Å². The number of benzene rings is 1. The molecule has 0 unspecified atom stereocenters. The molecule has 90 valence electrons. The second-order valence-corrected chi connectivity index (χ2v) is 3.96. The summed E-state index contributed by atoms with van der Waals surface area (Å²) < 4.78 is 12.7. The SMILES string of the molecule is O=C(O)c1ccc(N2C(=O)CC[C@H]2CF)cc1. The summed E-state index contributed by atoms with van der Waals surface area (Å²) in [5, 5.41) is 8.75. The number of hydrogen-bond acceptors (Lipinski definition) is 2. The van der Waals surface area contributed by atoms with E-state index in [1.165, 1.54) is 29.2 Å². The van der Waals surface area contributed by atoms with Gasteiger partial charge >= 0.3 is 5.97 Å². The Morgan fingerprint density at radius 1 is 1.41 bits per heavy atom. The monoisotopic (exact) mass is 237 g/mol. The number of carboxylic acids is 1. The second kappa shape index (κ2) is 4.53. The van der Waals surface area contributed by atoms with Crippen molar-refractivity contribution >= 4 is 17.6 Å². The largest absolute Gasteiger partial charge is 0.478 e. The highest BCUT2D eigenvalue weighted by molar-refractivity contribution is 5.97. The molecule has 1 aromatic carbocycles. The van der Waals surface area contributed by atoms with Crippen LogP contribution in [0.5, 0.6) is 0 Å². The van der Waals surface area contributed by atoms with Crippen LogP contribution >= 0.6 is 0 Å². The Kier molecular flexibility index (Phi) is 3.08. The van der Waals surface area contributed by atoms with Crippen molar-refractivity contribution in [1.82, 2.24) is 0 Å². The van der Waals surface area contributed by atoms with Gasteiger partial charge in [0.25, 0.3) is 0 Å². The van der Waals surface area contributed by atoms with Crippen LogP contribution < -0.4 is 4.90 Å². The Labute approximate surface area is 97.7 Å². The molecule has 1 fully saturated rings. The fourth-order valence-electron chi connectivity index (χ4n) is 2.01. The lowest BCUT2D eigenvalue weighted by atomic mass is 10.2. The van der Waals surface area contributed by atoms with Gasteiger partial charge in [0.2, 0.25) is 5.91 Å². The number of carbonyl (C=O) groups excluding carboxylic acids is 1. The summed E-state index contributed by atoms with van der Waals surface area (Å²) in [4.78, 5) is 23.7. The number of amides is 1. The Hall–Kier alpha value is -1.91. The van der Waals surface area contributed by atoms with Crippen LogP contribution in [-0.4, -0.2) is 29.7 Å². The number of rotatable bonds is 3. The number of alkyl halides is 1. The van der Waals surface area contributed by atoms with E-state index in [0.29, 0.717) is 18.5 Å². The molecule has 1 atom stereocenters. The van der Waals surface area contributed by atoms with Crippen molar-refractivity contribution in [3.8, 4) is 0 Å². The van der Waals surface area contributed by atoms with Crippen molar-refractivity contribution in [2.75, 3.05) is 11.6 Å². The maximum Gasteiger partial charge on any atom is 0.335 e. The fourth-order valence-corrected chi connectivity index (χ4v) is 2.01. The number of carbonyl (C=O) groups is 2. The molecule has 0 bridgehead atoms. The summed E-state index contributed by atoms with van der Waals surface area (Å²) in [6.07, 6.45) is 0.852. The number of aromatic carboxylic acids is 1. The molecule has 0 aromatic heterocycles. The van der Waals surface area contributed by atoms with Crippen LogP contribution in [0.2, 0.25) is 0 Å². The summed E-state index contributed by atoms with van der Waals surface area (Å²) >= 11 is 0. The van der Waals surface area contributed by atoms with Crippen LogP contribution in [-0.2, 0) is 4.79 Å². The van der Waals surface area contributed by atoms with Gasteiger partial charge in [-0.3, -0.25) is 4.79 Å². The van der Waals surface area contributed by atoms with Gasteiger partial charge in [0, 0.05) is 12.1 Å². The highest BCUT2D eigenvalue weighted by Crippen LogP contribution is 2.27. The maximum absolute atomic E-state index is 12.7. The Bertz CT molecular complexity index is 444. The van der Waals surface area contributed by atoms with Gasteiger partial charge in [-0.2, -0.15) is 0 Å². The third-order valence-corrected chi connectivity index (χ3v) is 2.90. The van der Waals surface area contributed by atoms with Crippen molar-refractivity contribution in [2.24, 2.45) is 0 Å². The first kappa shape index (κ1) is 11.6. The molecule has 0 saturated carbocycles. The molecule has 1 N–H and O–H groups in total. The Morgan fingerprint density at radius 3 is 2.59 bits per heavy atom. The van der Waals surface area contributed by atoms with Gasteiger partial charge in [-0.1, -0.05) is 0 Å². The third-order valence-electron chi connectivity index (χ3n) is 2.90. The van der Waals surface area contributed by atoms with Gasteiger partial charge in [-0.05, 0) is 30.7 Å². The smallest absolute Gasteiger partial charge is 0.335 e. The molecule has 1 heterocycles. The van der Waals surface area contributed by atoms with E-state index in [9.17, 15) is 14.0 Å². The molecule has 4 nitrogen and oxygen atoms in total. The predicted molar refractivity (Wildman–Crippen MR) is 59.9 cm³/mol. The van der Waals surface area contributed by atoms with Gasteiger partial charge in [0.15, 0.2) is 0 Å². The van der Waals surface area contributed by atoms with Crippen molar-refractivity contribution < 1.29 is 19.1 Å². The molecule has 17 heavy (non-hydrogen) atoms. The maximum atomic E-state index is 12.7. The van der Waals surface area contributed by atoms with Crippen LogP contribution in [0.3, 0.4) is 0 Å². The molecule has 0 radical (unpaired) electrons. The zero-order valence-corrected chi connectivity index (χ0v) is 9.10. The standard InChI is InChI=1S/C12H12FNO3/c13-7-10-5-6-11(15)14(10)9-3-1-8(2-4-9)12(16)17/h1-4,10H,5-7H2,(H,16,17)/t10-/m0/s1. The van der Waals surface area contributed by atoms with E-state index in [1.807, 2.05) is 0 Å². The molecule has 1 amide bonds. The number of anilines is 1. The first-order valence-corrected chi connectivity index (χ1v) is 5.35. The zero-order valence-electron chi connectivity index (χ0n) is 9.10. The molecule has 1 aromatic rings. The van der Waals surface area contributed by atoms with E-state index < -0.39 is 18.7 Å². The van der Waals surface area contributed by atoms with E-state index >= 15 is 0 Å². The molecule has 5 heteroatoms. The second-order valence-electron chi connectivity index (χ2n) is 3.96. The van der Waals surface area contributed by atoms with E-state index in [1.54, 1.807) is 0 Å². The lowest BCUT2D eigenvalue weighted by Gasteiger charge is -2.22. The summed E-state index contributed by atoms with van der Waals surface area (Å²) in [6, 6.07) is 5.49. The number of hydrogen-bond donors (Lipinski definition) is 1. The van der Waals surface area contributed by atoms with Crippen LogP contribution in [0, 0.1) is 0 Å². The fraction of sp³-hybridized carbons (Fsp3) is 0.333. The van der Waals surface area contributed by atoms with Crippen molar-refractivity contribution in [2.45, 2.75) is 18.9 Å². The minimum Gasteiger partial charge on any atom is -0.478 e. The summed E-state index contributed by atoms with van der Waals surface area (Å²) in [7, 11) is 0. The first-order chi connectivity index (χ1) is 8.13. The third kappa shape index (κ3) is 2.13. The van der Waals surface area contributed by atoms with E-state index in [2.05, 4.69) is 0 Å². The molecule has 0 aliphatic carbocycles. The number of halogens is 1. The van der Waals surface area contributed by atoms with E-state index in [0.717, 1.165) is 0 Å². The topological polar surface area (TPSA) is 57.6 Å². The molecular formula is C12H12FNO3. The zero-order chi connectivity index (χ0) is 12.4. The molecule has 1 saturated heterocycles. The molecule has 1 aliphatic heterocycles. The molecule has 0 spiro atoms. The van der Waals surface area contributed by atoms with Crippen LogP contribution in [0.25, 0.3) is 0 Å². The highest BCUT2D eigenvalue weighted by Gasteiger charge is 2.31. The quantitative estimate of drug-likeness (QED) is 0.872. The van der Waals surface area contributed by atoms with Gasteiger partial charge in [-0.25, -0.2) is 9.18 Å². The summed E-state index contributed by atoms with van der Waals surface area (Å²) in [5.74, 6) is -1.14. The predicted octanol–water partition coefficient (Wildman–Crippen LogP) is 1.85. The Morgan fingerprint density at radius 2 is 2.06 bits per heavy atom. The first-order valence-electron chi connectivity index (χ1n) is 5.35. The molecular weight excluding hydrogens is 225 g/mol. The van der Waals surface area contributed by atoms with Gasteiger partial charge in [-0.15, -0.1) is 0 Å². The minimum absolute atomic E-state index is 0.115. The van der Waals surface area contributed by atoms with E-state index in [-0.39, 0.29) is 11.5 Å². The van der Waals surface area contributed by atoms with Crippen molar-refractivity contribution in [3.63, 3.8) is 0 Å². The summed E-state index contributed by atoms with van der Waals surface area (Å²) in [5.41, 5.74) is 0.706. The van der Waals surface area contributed by atoms with E-state index in [4.69, 9.17) is 5.11 Å². The lowest BCUT2D eigenvalue weighted by Crippen LogP contribution is -2.34. The number of carboxylic acid groups (broad SMARTS) is 1. The van der Waals surface area contributed by atoms with Crippen LogP contribution in [0.1, 0.15) is 23.2 Å². The lowest BCUT2D eigenvalue weighted by molar-refractivity contribution is -0.117. The summed E-state index contributed by atoms with van der Waals surface area (Å²) in [6.45, 7) is -0.577. The normalized spacial score (nSPS) is 19.7. The molecule has 2 rings (SSSR count). The van der Waals surface area contributed by atoms with Gasteiger partial charge in [0.05, 0.1) is 11.6 Å². The van der Waals surface area contributed by atoms with Crippen molar-refractivity contribution in [3.05, 3.63) is 29.8 Å². The number of nitrogens with zero attached hydrogens (tertiary/aromatic N) is 1. The minimum atomic E-state index is -1.02. The Balaban J connectivity index is 2.27. The average molecular weight is 237 g/mol.